The zero-order chi connectivity index (χ0) is 29.2. The number of carbonyl (C=O) groups excluding carboxylic acids is 2. The molecule has 13 heteroatoms. The number of anilines is 1. The van der Waals surface area contributed by atoms with Crippen LogP contribution < -0.4 is 10.3 Å². The second kappa shape index (κ2) is 12.1. The molecule has 2 aromatic carbocycles. The lowest BCUT2D eigenvalue weighted by molar-refractivity contribution is -0.135. The maximum atomic E-state index is 13.4. The van der Waals surface area contributed by atoms with Gasteiger partial charge in [0.1, 0.15) is 10.6 Å². The predicted molar refractivity (Wildman–Crippen MR) is 153 cm³/mol. The number of hydrogen-bond donors (Lipinski definition) is 1. The molecule has 1 heterocycles. The van der Waals surface area contributed by atoms with Crippen LogP contribution in [0, 0.1) is 6.92 Å². The van der Waals surface area contributed by atoms with E-state index in [1.165, 1.54) is 9.36 Å². The molecule has 0 saturated heterocycles. The smallest absolute Gasteiger partial charge is 0.340 e. The highest BCUT2D eigenvalue weighted by Gasteiger charge is 2.28. The molecule has 0 aliphatic heterocycles. The van der Waals surface area contributed by atoms with Crippen molar-refractivity contribution in [2.24, 2.45) is 7.05 Å². The van der Waals surface area contributed by atoms with E-state index >= 15 is 0 Å². The molecule has 0 spiro atoms. The van der Waals surface area contributed by atoms with Gasteiger partial charge in [-0.3, -0.25) is 19.0 Å². The molecule has 0 atom stereocenters. The zero-order valence-corrected chi connectivity index (χ0v) is 24.6. The monoisotopic (exact) mass is 608 g/mol. The Morgan fingerprint density at radius 1 is 1.07 bits per heavy atom. The Morgan fingerprint density at radius 3 is 2.38 bits per heavy atom. The number of ether oxygens (including phenoxy) is 1. The van der Waals surface area contributed by atoms with E-state index in [1.54, 1.807) is 56.3 Å². The summed E-state index contributed by atoms with van der Waals surface area (Å²) in [6.07, 6.45) is 5.00. The third-order valence-electron chi connectivity index (χ3n) is 7.16. The number of likely N-dealkylation sites (N-methyl/N-ethyl adjacent to an activating group) is 1. The van der Waals surface area contributed by atoms with Crippen LogP contribution in [0.5, 0.6) is 0 Å². The van der Waals surface area contributed by atoms with E-state index in [0.29, 0.717) is 11.4 Å². The second-order valence-electron chi connectivity index (χ2n) is 9.68. The number of benzene rings is 2. The van der Waals surface area contributed by atoms with E-state index in [2.05, 4.69) is 4.72 Å². The van der Waals surface area contributed by atoms with Crippen molar-refractivity contribution in [1.29, 1.82) is 0 Å². The van der Waals surface area contributed by atoms with Gasteiger partial charge in [0.05, 0.1) is 27.0 Å². The van der Waals surface area contributed by atoms with Gasteiger partial charge in [-0.1, -0.05) is 60.7 Å². The molecule has 1 fully saturated rings. The van der Waals surface area contributed by atoms with Gasteiger partial charge in [-0.25, -0.2) is 17.9 Å². The third kappa shape index (κ3) is 6.06. The van der Waals surface area contributed by atoms with Gasteiger partial charge < -0.3 is 9.64 Å². The summed E-state index contributed by atoms with van der Waals surface area (Å²) in [6.45, 7) is 1.07. The summed E-state index contributed by atoms with van der Waals surface area (Å²) in [5, 5.41) is -0.413. The first-order chi connectivity index (χ1) is 18.9. The Labute approximate surface area is 242 Å². The largest absolute Gasteiger partial charge is 0.452 e. The molecule has 1 aliphatic rings. The van der Waals surface area contributed by atoms with Gasteiger partial charge in [0, 0.05) is 20.1 Å². The topological polar surface area (TPSA) is 120 Å². The molecule has 1 saturated carbocycles. The number of para-hydroxylation sites is 1. The minimum Gasteiger partial charge on any atom is -0.452 e. The number of carbonyl (C=O) groups is 2. The van der Waals surface area contributed by atoms with E-state index < -0.39 is 33.1 Å². The Bertz CT molecular complexity index is 1600. The van der Waals surface area contributed by atoms with Crippen molar-refractivity contribution in [3.63, 3.8) is 0 Å². The van der Waals surface area contributed by atoms with Gasteiger partial charge in [0.25, 0.3) is 21.5 Å². The fourth-order valence-electron chi connectivity index (χ4n) is 4.75. The molecule has 1 aliphatic carbocycles. The zero-order valence-electron chi connectivity index (χ0n) is 22.3. The predicted octanol–water partition coefficient (Wildman–Crippen LogP) is 4.54. The van der Waals surface area contributed by atoms with Crippen molar-refractivity contribution in [3.05, 3.63) is 74.1 Å². The van der Waals surface area contributed by atoms with Crippen LogP contribution in [0.4, 0.5) is 5.69 Å². The number of nitrogens with one attached hydrogen (secondary N) is 1. The molecule has 0 radical (unpaired) electrons. The summed E-state index contributed by atoms with van der Waals surface area (Å²) in [6, 6.07) is 10.9. The van der Waals surface area contributed by atoms with Crippen molar-refractivity contribution in [2.75, 3.05) is 18.4 Å². The van der Waals surface area contributed by atoms with Crippen molar-refractivity contribution < 1.29 is 22.7 Å². The number of aromatic nitrogens is 2. The van der Waals surface area contributed by atoms with Crippen LogP contribution >= 0.6 is 23.2 Å². The minimum atomic E-state index is -4.46. The number of rotatable bonds is 8. The summed E-state index contributed by atoms with van der Waals surface area (Å²) < 4.78 is 37.1. The molecule has 1 amide bonds. The Kier molecular flexibility index (Phi) is 8.96. The van der Waals surface area contributed by atoms with Gasteiger partial charge in [0.2, 0.25) is 0 Å². The molecular formula is C27H30Cl2N4O6S. The van der Waals surface area contributed by atoms with Gasteiger partial charge in [-0.15, -0.1) is 0 Å². The third-order valence-corrected chi connectivity index (χ3v) is 9.29. The fourth-order valence-corrected chi connectivity index (χ4v) is 6.71. The van der Waals surface area contributed by atoms with E-state index in [-0.39, 0.29) is 33.2 Å². The first-order valence-corrected chi connectivity index (χ1v) is 14.9. The van der Waals surface area contributed by atoms with E-state index in [0.717, 1.165) is 44.2 Å². The Morgan fingerprint density at radius 2 is 1.73 bits per heavy atom. The maximum Gasteiger partial charge on any atom is 0.340 e. The summed E-state index contributed by atoms with van der Waals surface area (Å²) >= 11 is 12.4. The molecule has 0 bridgehead atoms. The van der Waals surface area contributed by atoms with Crippen LogP contribution in [0.1, 0.15) is 48.2 Å². The maximum absolute atomic E-state index is 13.4. The molecule has 40 heavy (non-hydrogen) atoms. The first-order valence-electron chi connectivity index (χ1n) is 12.7. The highest BCUT2D eigenvalue weighted by molar-refractivity contribution is 7.92. The number of nitrogens with zero attached hydrogens (tertiary/aromatic N) is 3. The molecule has 1 aromatic heterocycles. The standard InChI is InChI=1S/C27H30Cl2N4O6S/c1-17-25(26(35)33(32(17)3)19-12-8-5-9-13-19)30-40(37,38)23-14-20(21(28)15-22(23)29)27(36)39-16-24(34)31(2)18-10-6-4-7-11-18/h5,8-9,12-15,18,30H,4,6-7,10-11,16H2,1-3H3. The van der Waals surface area contributed by atoms with E-state index in [4.69, 9.17) is 27.9 Å². The number of hydrogen-bond acceptors (Lipinski definition) is 6. The average molecular weight is 610 g/mol. The first kappa shape index (κ1) is 29.7. The summed E-state index contributed by atoms with van der Waals surface area (Å²) in [5.41, 5.74) is -0.173. The van der Waals surface area contributed by atoms with Crippen molar-refractivity contribution in [2.45, 2.75) is 50.0 Å². The fraction of sp³-hybridized carbons (Fsp3) is 0.370. The SMILES string of the molecule is Cc1c(NS(=O)(=O)c2cc(C(=O)OCC(=O)N(C)C3CCCCC3)c(Cl)cc2Cl)c(=O)n(-c2ccccc2)n1C. The second-order valence-corrected chi connectivity index (χ2v) is 12.1. The normalized spacial score (nSPS) is 14.1. The molecule has 4 rings (SSSR count). The average Bonchev–Trinajstić information content (AvgIpc) is 3.14. The number of sulfonamides is 1. The molecular weight excluding hydrogens is 579 g/mol. The van der Waals surface area contributed by atoms with Gasteiger partial charge in [-0.05, 0) is 44.0 Å². The van der Waals surface area contributed by atoms with Crippen molar-refractivity contribution in [3.8, 4) is 5.69 Å². The number of amides is 1. The summed E-state index contributed by atoms with van der Waals surface area (Å²) in [7, 11) is -1.16. The van der Waals surface area contributed by atoms with Crippen molar-refractivity contribution in [1.82, 2.24) is 14.3 Å². The van der Waals surface area contributed by atoms with E-state index in [1.807, 2.05) is 0 Å². The molecule has 1 N–H and O–H groups in total. The van der Waals surface area contributed by atoms with Gasteiger partial charge in [-0.2, -0.15) is 0 Å². The van der Waals surface area contributed by atoms with Crippen LogP contribution in [0.2, 0.25) is 10.0 Å². The van der Waals surface area contributed by atoms with E-state index in [9.17, 15) is 22.8 Å². The van der Waals surface area contributed by atoms with Crippen LogP contribution in [-0.2, 0) is 26.6 Å². The minimum absolute atomic E-state index is 0.0924. The van der Waals surface area contributed by atoms with Crippen LogP contribution in [0.15, 0.2) is 52.2 Å². The lowest BCUT2D eigenvalue weighted by Crippen LogP contribution is -2.40. The lowest BCUT2D eigenvalue weighted by atomic mass is 9.94. The van der Waals surface area contributed by atoms with Gasteiger partial charge in [0.15, 0.2) is 6.61 Å². The molecule has 3 aromatic rings. The molecule has 214 valence electrons. The van der Waals surface area contributed by atoms with Crippen LogP contribution in [0.25, 0.3) is 5.69 Å². The Hall–Kier alpha value is -3.28. The number of esters is 1. The Balaban J connectivity index is 1.57. The van der Waals surface area contributed by atoms with Crippen molar-refractivity contribution >= 4 is 50.8 Å². The lowest BCUT2D eigenvalue weighted by Gasteiger charge is -2.31. The summed E-state index contributed by atoms with van der Waals surface area (Å²) in [4.78, 5) is 39.7. The summed E-state index contributed by atoms with van der Waals surface area (Å²) in [5.74, 6) is -1.35. The highest BCUT2D eigenvalue weighted by atomic mass is 35.5. The highest BCUT2D eigenvalue weighted by Crippen LogP contribution is 2.31. The van der Waals surface area contributed by atoms with Crippen LogP contribution in [0.3, 0.4) is 0 Å². The molecule has 10 nitrogen and oxygen atoms in total. The quantitative estimate of drug-likeness (QED) is 0.375. The number of halogens is 2. The van der Waals surface area contributed by atoms with Crippen LogP contribution in [-0.4, -0.2) is 54.3 Å². The molecule has 0 unspecified atom stereocenters. The van der Waals surface area contributed by atoms with Gasteiger partial charge >= 0.3 is 5.97 Å².